The molecule has 2 heterocycles. The lowest BCUT2D eigenvalue weighted by Crippen LogP contribution is -2.07. The third-order valence-corrected chi connectivity index (χ3v) is 5.27. The highest BCUT2D eigenvalue weighted by Crippen LogP contribution is 2.34. The predicted octanol–water partition coefficient (Wildman–Crippen LogP) is 5.18. The Morgan fingerprint density at radius 1 is 1.27 bits per heavy atom. The van der Waals surface area contributed by atoms with Crippen LogP contribution in [0, 0.1) is 18.7 Å². The van der Waals surface area contributed by atoms with Gasteiger partial charge in [-0.05, 0) is 55.0 Å². The van der Waals surface area contributed by atoms with E-state index in [9.17, 15) is 4.39 Å². The van der Waals surface area contributed by atoms with Gasteiger partial charge >= 0.3 is 0 Å². The molecule has 1 aromatic carbocycles. The maximum atomic E-state index is 13.9. The zero-order valence-electron chi connectivity index (χ0n) is 14.8. The molecule has 136 valence electrons. The quantitative estimate of drug-likeness (QED) is 0.621. The lowest BCUT2D eigenvalue weighted by atomic mass is 10.1. The van der Waals surface area contributed by atoms with Crippen molar-refractivity contribution in [2.24, 2.45) is 5.92 Å². The molecule has 0 spiro atoms. The van der Waals surface area contributed by atoms with E-state index in [-0.39, 0.29) is 11.1 Å². The van der Waals surface area contributed by atoms with E-state index in [1.807, 2.05) is 10.6 Å². The number of hydrogen-bond donors (Lipinski definition) is 1. The largest absolute Gasteiger partial charge is 0.364 e. The number of anilines is 1. The first-order chi connectivity index (χ1) is 12.6. The molecular formula is C20H22ClFN4. The fourth-order valence-electron chi connectivity index (χ4n) is 3.39. The van der Waals surface area contributed by atoms with Crippen LogP contribution in [-0.4, -0.2) is 14.6 Å². The second-order valence-corrected chi connectivity index (χ2v) is 7.40. The fourth-order valence-corrected chi connectivity index (χ4v) is 3.55. The Bertz CT molecular complexity index is 933. The minimum Gasteiger partial charge on any atom is -0.364 e. The average Bonchev–Trinajstić information content (AvgIpc) is 3.39. The summed E-state index contributed by atoms with van der Waals surface area (Å²) in [6.07, 6.45) is 6.32. The first-order valence-corrected chi connectivity index (χ1v) is 9.51. The van der Waals surface area contributed by atoms with Gasteiger partial charge in [0.25, 0.3) is 0 Å². The number of nitrogens with zero attached hydrogens (tertiary/aromatic N) is 3. The Labute approximate surface area is 157 Å². The van der Waals surface area contributed by atoms with Crippen LogP contribution in [0.15, 0.2) is 30.3 Å². The van der Waals surface area contributed by atoms with Crippen molar-refractivity contribution in [3.05, 3.63) is 58.3 Å². The van der Waals surface area contributed by atoms with Crippen molar-refractivity contribution in [1.29, 1.82) is 0 Å². The lowest BCUT2D eigenvalue weighted by Gasteiger charge is -2.09. The fraction of sp³-hybridized carbons (Fsp3) is 0.400. The molecule has 1 fully saturated rings. The van der Waals surface area contributed by atoms with E-state index < -0.39 is 0 Å². The van der Waals surface area contributed by atoms with Crippen LogP contribution < -0.4 is 5.32 Å². The number of hydrogen-bond acceptors (Lipinski definition) is 3. The van der Waals surface area contributed by atoms with Crippen LogP contribution in [-0.2, 0) is 13.0 Å². The van der Waals surface area contributed by atoms with E-state index in [4.69, 9.17) is 11.6 Å². The number of fused-ring (bicyclic) bond motifs is 1. The molecule has 2 aromatic heterocycles. The van der Waals surface area contributed by atoms with Gasteiger partial charge in [-0.15, -0.1) is 5.10 Å². The van der Waals surface area contributed by atoms with Gasteiger partial charge in [-0.2, -0.15) is 4.98 Å². The summed E-state index contributed by atoms with van der Waals surface area (Å²) in [5, 5.41) is 7.73. The number of halogens is 2. The summed E-state index contributed by atoms with van der Waals surface area (Å²) in [6.45, 7) is 2.40. The molecule has 6 heteroatoms. The first kappa shape index (κ1) is 17.3. The molecule has 1 N–H and O–H groups in total. The van der Waals surface area contributed by atoms with Crippen molar-refractivity contribution in [3.63, 3.8) is 0 Å². The SMILES string of the molecule is Cc1c(CCCC2CC2)cc2c(NCc3ccccc3F)nc(Cl)nn12. The van der Waals surface area contributed by atoms with Crippen LogP contribution in [0.3, 0.4) is 0 Å². The number of aromatic nitrogens is 3. The van der Waals surface area contributed by atoms with Crippen molar-refractivity contribution in [1.82, 2.24) is 14.6 Å². The van der Waals surface area contributed by atoms with Gasteiger partial charge in [0.15, 0.2) is 5.82 Å². The van der Waals surface area contributed by atoms with Crippen LogP contribution >= 0.6 is 11.6 Å². The molecule has 3 aromatic rings. The smallest absolute Gasteiger partial charge is 0.243 e. The van der Waals surface area contributed by atoms with Crippen LogP contribution in [0.1, 0.15) is 42.5 Å². The topological polar surface area (TPSA) is 42.2 Å². The molecule has 26 heavy (non-hydrogen) atoms. The lowest BCUT2D eigenvalue weighted by molar-refractivity contribution is 0.613. The Kier molecular flexibility index (Phi) is 4.81. The monoisotopic (exact) mass is 372 g/mol. The van der Waals surface area contributed by atoms with Crippen LogP contribution in [0.5, 0.6) is 0 Å². The molecule has 0 aliphatic heterocycles. The first-order valence-electron chi connectivity index (χ1n) is 9.14. The normalized spacial score (nSPS) is 14.1. The molecule has 1 saturated carbocycles. The molecular weight excluding hydrogens is 351 g/mol. The average molecular weight is 373 g/mol. The van der Waals surface area contributed by atoms with Crippen molar-refractivity contribution in [3.8, 4) is 0 Å². The van der Waals surface area contributed by atoms with Gasteiger partial charge in [-0.1, -0.05) is 37.5 Å². The zero-order chi connectivity index (χ0) is 18.1. The zero-order valence-corrected chi connectivity index (χ0v) is 15.6. The summed E-state index contributed by atoms with van der Waals surface area (Å²) < 4.78 is 15.7. The highest BCUT2D eigenvalue weighted by atomic mass is 35.5. The molecule has 0 amide bonds. The molecule has 1 aliphatic rings. The van der Waals surface area contributed by atoms with E-state index in [0.29, 0.717) is 17.9 Å². The van der Waals surface area contributed by atoms with E-state index in [1.54, 1.807) is 12.1 Å². The van der Waals surface area contributed by atoms with Crippen molar-refractivity contribution < 1.29 is 4.39 Å². The number of rotatable bonds is 7. The summed E-state index contributed by atoms with van der Waals surface area (Å²) in [7, 11) is 0. The number of benzene rings is 1. The minimum atomic E-state index is -0.233. The Hall–Kier alpha value is -2.14. The summed E-state index contributed by atoms with van der Waals surface area (Å²) in [6, 6.07) is 8.85. The second kappa shape index (κ2) is 7.23. The molecule has 0 unspecified atom stereocenters. The summed E-state index contributed by atoms with van der Waals surface area (Å²) in [4.78, 5) is 4.32. The Morgan fingerprint density at radius 3 is 2.85 bits per heavy atom. The van der Waals surface area contributed by atoms with Gasteiger partial charge in [0.1, 0.15) is 11.3 Å². The summed E-state index contributed by atoms with van der Waals surface area (Å²) in [5.74, 6) is 1.34. The molecule has 0 bridgehead atoms. The Balaban J connectivity index is 1.58. The molecule has 0 radical (unpaired) electrons. The number of nitrogens with one attached hydrogen (secondary N) is 1. The summed E-state index contributed by atoms with van der Waals surface area (Å²) in [5.41, 5.74) is 3.84. The van der Waals surface area contributed by atoms with E-state index in [2.05, 4.69) is 28.4 Å². The van der Waals surface area contributed by atoms with Gasteiger partial charge in [0.2, 0.25) is 5.28 Å². The van der Waals surface area contributed by atoms with Gasteiger partial charge in [-0.25, -0.2) is 8.91 Å². The van der Waals surface area contributed by atoms with Crippen molar-refractivity contribution in [2.45, 2.75) is 45.6 Å². The standard InChI is InChI=1S/C20H22ClFN4/c1-13-15(7-4-5-14-9-10-14)11-18-19(24-20(21)25-26(13)18)23-12-16-6-2-3-8-17(16)22/h2-3,6,8,11,14H,4-5,7,9-10,12H2,1H3,(H,23,24,25). The van der Waals surface area contributed by atoms with E-state index in [1.165, 1.54) is 37.3 Å². The second-order valence-electron chi connectivity index (χ2n) is 7.06. The molecule has 0 atom stereocenters. The van der Waals surface area contributed by atoms with Crippen LogP contribution in [0.25, 0.3) is 5.52 Å². The third kappa shape index (κ3) is 3.68. The molecule has 4 nitrogen and oxygen atoms in total. The Morgan fingerprint density at radius 2 is 2.08 bits per heavy atom. The maximum absolute atomic E-state index is 13.9. The van der Waals surface area contributed by atoms with E-state index >= 15 is 0 Å². The van der Waals surface area contributed by atoms with Crippen molar-refractivity contribution in [2.75, 3.05) is 5.32 Å². The van der Waals surface area contributed by atoms with Crippen LogP contribution in [0.4, 0.5) is 10.2 Å². The minimum absolute atomic E-state index is 0.178. The molecule has 1 aliphatic carbocycles. The number of aryl methyl sites for hydroxylation is 2. The predicted molar refractivity (Wildman–Crippen MR) is 102 cm³/mol. The van der Waals surface area contributed by atoms with Gasteiger partial charge in [0.05, 0.1) is 0 Å². The van der Waals surface area contributed by atoms with Crippen molar-refractivity contribution >= 4 is 22.9 Å². The molecule has 0 saturated heterocycles. The van der Waals surface area contributed by atoms with Crippen LogP contribution in [0.2, 0.25) is 5.28 Å². The maximum Gasteiger partial charge on any atom is 0.243 e. The summed E-state index contributed by atoms with van der Waals surface area (Å²) >= 11 is 6.12. The van der Waals surface area contributed by atoms with E-state index in [0.717, 1.165) is 23.5 Å². The highest BCUT2D eigenvalue weighted by Gasteiger charge is 2.21. The third-order valence-electron chi connectivity index (χ3n) is 5.11. The van der Waals surface area contributed by atoms with Gasteiger partial charge in [0, 0.05) is 17.8 Å². The van der Waals surface area contributed by atoms with Gasteiger partial charge in [-0.3, -0.25) is 0 Å². The highest BCUT2D eigenvalue weighted by molar-refractivity contribution is 6.28. The molecule has 4 rings (SSSR count). The van der Waals surface area contributed by atoms with Gasteiger partial charge < -0.3 is 5.32 Å².